The number of anilines is 1. The molecule has 12 heteroatoms. The third-order valence-electron chi connectivity index (χ3n) is 5.26. The molecule has 0 saturated carbocycles. The number of carbonyl (C=O) groups is 2. The lowest BCUT2D eigenvalue weighted by Gasteiger charge is -2.15. The average Bonchev–Trinajstić information content (AvgIpc) is 3.49. The molecule has 2 amide bonds. The van der Waals surface area contributed by atoms with Gasteiger partial charge in [-0.3, -0.25) is 24.6 Å². The minimum Gasteiger partial charge on any atom is -0.497 e. The first kappa shape index (κ1) is 24.8. The standard InChI is InChI=1S/C24H22N4O7S/c1-33-16-7-5-15(6-8-16)25-24-27(14-18-4-3-11-35-18)23(30)21(36-24)13-22(29)26-19-10-9-17(34-2)12-20(19)28(31)32/h3-12,21H,13-14H2,1-2H3,(H,26,29)/t21-/m0/s1. The van der Waals surface area contributed by atoms with Crippen molar-refractivity contribution in [3.8, 4) is 11.5 Å². The van der Waals surface area contributed by atoms with Crippen LogP contribution in [0.25, 0.3) is 0 Å². The molecule has 4 rings (SSSR count). The first-order valence-corrected chi connectivity index (χ1v) is 11.6. The van der Waals surface area contributed by atoms with E-state index < -0.39 is 16.1 Å². The zero-order valence-electron chi connectivity index (χ0n) is 19.4. The molecule has 1 fully saturated rings. The lowest BCUT2D eigenvalue weighted by molar-refractivity contribution is -0.384. The number of rotatable bonds is 9. The van der Waals surface area contributed by atoms with Gasteiger partial charge in [0.05, 0.1) is 43.7 Å². The van der Waals surface area contributed by atoms with Crippen LogP contribution in [0.4, 0.5) is 17.1 Å². The van der Waals surface area contributed by atoms with Crippen LogP contribution in [-0.4, -0.2) is 46.3 Å². The number of nitrogens with one attached hydrogen (secondary N) is 1. The molecule has 1 aromatic heterocycles. The van der Waals surface area contributed by atoms with Crippen LogP contribution in [0, 0.1) is 10.1 Å². The van der Waals surface area contributed by atoms with Crippen molar-refractivity contribution >= 4 is 45.8 Å². The van der Waals surface area contributed by atoms with Crippen LogP contribution in [0.15, 0.2) is 70.3 Å². The van der Waals surface area contributed by atoms with Gasteiger partial charge in [0.1, 0.15) is 28.2 Å². The number of thioether (sulfide) groups is 1. The zero-order chi connectivity index (χ0) is 25.7. The van der Waals surface area contributed by atoms with E-state index in [1.165, 1.54) is 36.5 Å². The molecule has 1 aliphatic heterocycles. The highest BCUT2D eigenvalue weighted by atomic mass is 32.2. The fourth-order valence-corrected chi connectivity index (χ4v) is 4.62. The van der Waals surface area contributed by atoms with Gasteiger partial charge in [0.2, 0.25) is 11.8 Å². The maximum absolute atomic E-state index is 13.2. The summed E-state index contributed by atoms with van der Waals surface area (Å²) in [6.45, 7) is 0.149. The van der Waals surface area contributed by atoms with E-state index in [1.54, 1.807) is 43.5 Å². The predicted octanol–water partition coefficient (Wildman–Crippen LogP) is 4.37. The van der Waals surface area contributed by atoms with Gasteiger partial charge in [0.15, 0.2) is 5.17 Å². The molecule has 0 aliphatic carbocycles. The summed E-state index contributed by atoms with van der Waals surface area (Å²) in [6, 6.07) is 14.6. The van der Waals surface area contributed by atoms with Gasteiger partial charge in [-0.2, -0.15) is 0 Å². The Kier molecular flexibility index (Phi) is 7.54. The summed E-state index contributed by atoms with van der Waals surface area (Å²) in [6.07, 6.45) is 1.30. The van der Waals surface area contributed by atoms with Crippen molar-refractivity contribution in [3.05, 3.63) is 76.7 Å². The molecule has 0 bridgehead atoms. The van der Waals surface area contributed by atoms with Crippen LogP contribution in [0.2, 0.25) is 0 Å². The molecule has 2 aromatic carbocycles. The Morgan fingerprint density at radius 3 is 2.53 bits per heavy atom. The van der Waals surface area contributed by atoms with Gasteiger partial charge in [-0.25, -0.2) is 4.99 Å². The van der Waals surface area contributed by atoms with Crippen LogP contribution in [-0.2, 0) is 16.1 Å². The van der Waals surface area contributed by atoms with E-state index in [1.807, 2.05) is 0 Å². The number of ether oxygens (including phenoxy) is 2. The SMILES string of the molecule is COc1ccc(N=C2S[C@@H](CC(=O)Nc3ccc(OC)cc3[N+](=O)[O-])C(=O)N2Cc2ccco2)cc1. The average molecular weight is 511 g/mol. The minimum absolute atomic E-state index is 0.0146. The Labute approximate surface area is 210 Å². The van der Waals surface area contributed by atoms with Gasteiger partial charge in [0, 0.05) is 6.42 Å². The lowest BCUT2D eigenvalue weighted by Crippen LogP contribution is -2.33. The topological polar surface area (TPSA) is 137 Å². The predicted molar refractivity (Wildman–Crippen MR) is 134 cm³/mol. The van der Waals surface area contributed by atoms with Crippen molar-refractivity contribution < 1.29 is 28.4 Å². The number of amides is 2. The second-order valence-electron chi connectivity index (χ2n) is 7.60. The summed E-state index contributed by atoms with van der Waals surface area (Å²) in [7, 11) is 2.95. The molecule has 186 valence electrons. The molecule has 0 unspecified atom stereocenters. The molecule has 11 nitrogen and oxygen atoms in total. The van der Waals surface area contributed by atoms with Crippen molar-refractivity contribution in [1.29, 1.82) is 0 Å². The second-order valence-corrected chi connectivity index (χ2v) is 8.77. The first-order chi connectivity index (χ1) is 17.4. The van der Waals surface area contributed by atoms with Crippen molar-refractivity contribution in [2.75, 3.05) is 19.5 Å². The number of nitrogens with zero attached hydrogens (tertiary/aromatic N) is 3. The third kappa shape index (κ3) is 5.66. The Hall–Kier alpha value is -4.32. The van der Waals surface area contributed by atoms with E-state index in [9.17, 15) is 19.7 Å². The van der Waals surface area contributed by atoms with E-state index in [-0.39, 0.29) is 36.0 Å². The number of methoxy groups -OCH3 is 2. The van der Waals surface area contributed by atoms with E-state index in [2.05, 4.69) is 10.3 Å². The largest absolute Gasteiger partial charge is 0.497 e. The number of hydrogen-bond donors (Lipinski definition) is 1. The Bertz CT molecular complexity index is 1290. The monoisotopic (exact) mass is 510 g/mol. The van der Waals surface area contributed by atoms with Crippen LogP contribution < -0.4 is 14.8 Å². The summed E-state index contributed by atoms with van der Waals surface area (Å²) in [5.41, 5.74) is 0.310. The van der Waals surface area contributed by atoms with Crippen molar-refractivity contribution in [3.63, 3.8) is 0 Å². The highest BCUT2D eigenvalue weighted by Crippen LogP contribution is 2.34. The van der Waals surface area contributed by atoms with Gasteiger partial charge >= 0.3 is 0 Å². The molecule has 3 aromatic rings. The number of aliphatic imine (C=N–C) groups is 1. The highest BCUT2D eigenvalue weighted by Gasteiger charge is 2.39. The molecule has 1 atom stereocenters. The minimum atomic E-state index is -0.769. The van der Waals surface area contributed by atoms with Crippen molar-refractivity contribution in [1.82, 2.24) is 4.90 Å². The van der Waals surface area contributed by atoms with Crippen molar-refractivity contribution in [2.24, 2.45) is 4.99 Å². The van der Waals surface area contributed by atoms with Gasteiger partial charge in [-0.15, -0.1) is 0 Å². The number of benzene rings is 2. The van der Waals surface area contributed by atoms with Crippen molar-refractivity contribution in [2.45, 2.75) is 18.2 Å². The van der Waals surface area contributed by atoms with E-state index in [0.29, 0.717) is 22.4 Å². The summed E-state index contributed by atoms with van der Waals surface area (Å²) in [5.74, 6) is 0.657. The molecule has 1 aliphatic rings. The molecule has 36 heavy (non-hydrogen) atoms. The molecular formula is C24H22N4O7S. The normalized spacial score (nSPS) is 16.3. The van der Waals surface area contributed by atoms with E-state index in [4.69, 9.17) is 13.9 Å². The number of carbonyl (C=O) groups excluding carboxylic acids is 2. The van der Waals surface area contributed by atoms with Gasteiger partial charge in [-0.1, -0.05) is 11.8 Å². The molecule has 0 spiro atoms. The number of amidine groups is 1. The first-order valence-electron chi connectivity index (χ1n) is 10.7. The molecule has 1 N–H and O–H groups in total. The summed E-state index contributed by atoms with van der Waals surface area (Å²) in [4.78, 5) is 42.9. The smallest absolute Gasteiger partial charge is 0.296 e. The number of hydrogen-bond acceptors (Lipinski definition) is 9. The van der Waals surface area contributed by atoms with Gasteiger partial charge in [0.25, 0.3) is 5.69 Å². The Morgan fingerprint density at radius 2 is 1.89 bits per heavy atom. The fraction of sp³-hybridized carbons (Fsp3) is 0.208. The fourth-order valence-electron chi connectivity index (χ4n) is 3.46. The highest BCUT2D eigenvalue weighted by molar-refractivity contribution is 8.15. The maximum Gasteiger partial charge on any atom is 0.296 e. The summed E-state index contributed by atoms with van der Waals surface area (Å²) < 4.78 is 15.6. The molecule has 2 heterocycles. The Balaban J connectivity index is 1.53. The quantitative estimate of drug-likeness (QED) is 0.331. The van der Waals surface area contributed by atoms with Crippen LogP contribution in [0.5, 0.6) is 11.5 Å². The lowest BCUT2D eigenvalue weighted by atomic mass is 10.2. The number of nitro groups is 1. The second kappa shape index (κ2) is 11.0. The molecule has 0 radical (unpaired) electrons. The molecular weight excluding hydrogens is 488 g/mol. The van der Waals surface area contributed by atoms with Crippen LogP contribution in [0.3, 0.4) is 0 Å². The van der Waals surface area contributed by atoms with Gasteiger partial charge < -0.3 is 19.2 Å². The number of furan rings is 1. The van der Waals surface area contributed by atoms with Crippen LogP contribution >= 0.6 is 11.8 Å². The Morgan fingerprint density at radius 1 is 1.17 bits per heavy atom. The summed E-state index contributed by atoms with van der Waals surface area (Å²) in [5, 5.41) is 13.6. The van der Waals surface area contributed by atoms with Gasteiger partial charge in [-0.05, 0) is 48.5 Å². The zero-order valence-corrected chi connectivity index (χ0v) is 20.2. The van der Waals surface area contributed by atoms with E-state index in [0.717, 1.165) is 11.8 Å². The summed E-state index contributed by atoms with van der Waals surface area (Å²) >= 11 is 1.15. The van der Waals surface area contributed by atoms with E-state index >= 15 is 0 Å². The maximum atomic E-state index is 13.2. The third-order valence-corrected chi connectivity index (χ3v) is 6.43. The number of nitro benzene ring substituents is 1. The van der Waals surface area contributed by atoms with Crippen LogP contribution in [0.1, 0.15) is 12.2 Å². The molecule has 1 saturated heterocycles.